The fourth-order valence-electron chi connectivity index (χ4n) is 2.10. The van der Waals surface area contributed by atoms with Gasteiger partial charge in [-0.1, -0.05) is 0 Å². The number of rotatable bonds is 5. The van der Waals surface area contributed by atoms with E-state index in [1.165, 1.54) is 18.3 Å². The first-order valence-corrected chi connectivity index (χ1v) is 6.24. The van der Waals surface area contributed by atoms with Crippen molar-refractivity contribution in [3.63, 3.8) is 0 Å². The van der Waals surface area contributed by atoms with Crippen LogP contribution in [0, 0.1) is 0 Å². The van der Waals surface area contributed by atoms with E-state index in [9.17, 15) is 9.59 Å². The number of carboxylic acids is 1. The minimum Gasteiger partial charge on any atom is -0.477 e. The van der Waals surface area contributed by atoms with Crippen LogP contribution in [-0.4, -0.2) is 51.2 Å². The van der Waals surface area contributed by atoms with E-state index in [1.807, 2.05) is 0 Å². The standard InChI is InChI=1S/C13H16N2O4/c16-7-6-15(10-2-1-3-10)12(17)9-4-5-14-11(8-9)13(18)19/h4-5,8,10,16H,1-3,6-7H2,(H,18,19). The van der Waals surface area contributed by atoms with Gasteiger partial charge < -0.3 is 15.1 Å². The Morgan fingerprint density at radius 2 is 2.16 bits per heavy atom. The zero-order valence-corrected chi connectivity index (χ0v) is 10.5. The van der Waals surface area contributed by atoms with Gasteiger partial charge in [-0.05, 0) is 31.4 Å². The molecule has 1 aliphatic rings. The summed E-state index contributed by atoms with van der Waals surface area (Å²) in [6.07, 6.45) is 4.26. The maximum atomic E-state index is 12.3. The Bertz CT molecular complexity index is 485. The van der Waals surface area contributed by atoms with Crippen molar-refractivity contribution in [1.82, 2.24) is 9.88 Å². The zero-order valence-electron chi connectivity index (χ0n) is 10.5. The van der Waals surface area contributed by atoms with Gasteiger partial charge in [-0.2, -0.15) is 0 Å². The minimum absolute atomic E-state index is 0.0981. The molecule has 6 nitrogen and oxygen atoms in total. The largest absolute Gasteiger partial charge is 0.477 e. The molecular weight excluding hydrogens is 248 g/mol. The first kappa shape index (κ1) is 13.5. The summed E-state index contributed by atoms with van der Waals surface area (Å²) >= 11 is 0. The predicted octanol–water partition coefficient (Wildman–Crippen LogP) is 0.767. The number of carbonyl (C=O) groups excluding carboxylic acids is 1. The third-order valence-electron chi connectivity index (χ3n) is 3.34. The molecule has 0 atom stereocenters. The van der Waals surface area contributed by atoms with Crippen LogP contribution in [-0.2, 0) is 0 Å². The van der Waals surface area contributed by atoms with E-state index in [0.29, 0.717) is 5.56 Å². The first-order chi connectivity index (χ1) is 9.13. The molecule has 1 aliphatic carbocycles. The fraction of sp³-hybridized carbons (Fsp3) is 0.462. The Morgan fingerprint density at radius 1 is 1.42 bits per heavy atom. The van der Waals surface area contributed by atoms with Crippen LogP contribution in [0.4, 0.5) is 0 Å². The Hall–Kier alpha value is -1.95. The van der Waals surface area contributed by atoms with Gasteiger partial charge in [0.05, 0.1) is 6.61 Å². The summed E-state index contributed by atoms with van der Waals surface area (Å²) in [5.74, 6) is -1.41. The van der Waals surface area contributed by atoms with Crippen molar-refractivity contribution in [1.29, 1.82) is 0 Å². The summed E-state index contributed by atoms with van der Waals surface area (Å²) < 4.78 is 0. The average molecular weight is 264 g/mol. The van der Waals surface area contributed by atoms with E-state index in [4.69, 9.17) is 10.2 Å². The fourth-order valence-corrected chi connectivity index (χ4v) is 2.10. The van der Waals surface area contributed by atoms with Crippen molar-refractivity contribution >= 4 is 11.9 Å². The molecule has 1 aromatic rings. The molecule has 0 bridgehead atoms. The van der Waals surface area contributed by atoms with Crippen molar-refractivity contribution in [3.05, 3.63) is 29.6 Å². The van der Waals surface area contributed by atoms with E-state index < -0.39 is 5.97 Å². The third kappa shape index (κ3) is 2.90. The molecule has 102 valence electrons. The van der Waals surface area contributed by atoms with Gasteiger partial charge in [-0.25, -0.2) is 9.78 Å². The van der Waals surface area contributed by atoms with Crippen molar-refractivity contribution in [2.24, 2.45) is 0 Å². The van der Waals surface area contributed by atoms with Crippen LogP contribution in [0.3, 0.4) is 0 Å². The highest BCUT2D eigenvalue weighted by Gasteiger charge is 2.29. The maximum Gasteiger partial charge on any atom is 0.354 e. The number of aromatic nitrogens is 1. The normalized spacial score (nSPS) is 14.8. The number of hydrogen-bond donors (Lipinski definition) is 2. The van der Waals surface area contributed by atoms with Gasteiger partial charge in [-0.3, -0.25) is 4.79 Å². The second-order valence-electron chi connectivity index (χ2n) is 4.54. The van der Waals surface area contributed by atoms with E-state index in [1.54, 1.807) is 4.90 Å². The molecule has 6 heteroatoms. The SMILES string of the molecule is O=C(O)c1cc(C(=O)N(CCO)C2CCC2)ccn1. The smallest absolute Gasteiger partial charge is 0.354 e. The number of amides is 1. The zero-order chi connectivity index (χ0) is 13.8. The molecule has 0 radical (unpaired) electrons. The summed E-state index contributed by atoms with van der Waals surface area (Å²) in [7, 11) is 0. The topological polar surface area (TPSA) is 90.7 Å². The van der Waals surface area contributed by atoms with Gasteiger partial charge in [0.1, 0.15) is 5.69 Å². The van der Waals surface area contributed by atoms with Crippen LogP contribution in [0.1, 0.15) is 40.1 Å². The number of aromatic carboxylic acids is 1. The van der Waals surface area contributed by atoms with Crippen LogP contribution < -0.4 is 0 Å². The minimum atomic E-state index is -1.16. The monoisotopic (exact) mass is 264 g/mol. The molecule has 0 aromatic carbocycles. The lowest BCUT2D eigenvalue weighted by atomic mass is 9.91. The van der Waals surface area contributed by atoms with Crippen LogP contribution in [0.25, 0.3) is 0 Å². The van der Waals surface area contributed by atoms with Gasteiger partial charge in [0.15, 0.2) is 0 Å². The highest BCUT2D eigenvalue weighted by atomic mass is 16.4. The molecule has 0 unspecified atom stereocenters. The summed E-state index contributed by atoms with van der Waals surface area (Å²) in [5, 5.41) is 17.9. The van der Waals surface area contributed by atoms with Gasteiger partial charge in [0, 0.05) is 24.3 Å². The van der Waals surface area contributed by atoms with Gasteiger partial charge >= 0.3 is 5.97 Å². The molecule has 1 amide bonds. The summed E-state index contributed by atoms with van der Waals surface area (Å²) in [4.78, 5) is 28.5. The maximum absolute atomic E-state index is 12.3. The second kappa shape index (κ2) is 5.79. The second-order valence-corrected chi connectivity index (χ2v) is 4.54. The molecular formula is C13H16N2O4. The van der Waals surface area contributed by atoms with Gasteiger partial charge in [0.25, 0.3) is 5.91 Å². The van der Waals surface area contributed by atoms with Crippen molar-refractivity contribution in [2.75, 3.05) is 13.2 Å². The number of carboxylic acid groups (broad SMARTS) is 1. The third-order valence-corrected chi connectivity index (χ3v) is 3.34. The van der Waals surface area contributed by atoms with Crippen molar-refractivity contribution in [2.45, 2.75) is 25.3 Å². The van der Waals surface area contributed by atoms with Crippen LogP contribution in [0.2, 0.25) is 0 Å². The number of hydrogen-bond acceptors (Lipinski definition) is 4. The summed E-state index contributed by atoms with van der Waals surface area (Å²) in [6, 6.07) is 2.92. The van der Waals surface area contributed by atoms with E-state index in [0.717, 1.165) is 19.3 Å². The van der Waals surface area contributed by atoms with E-state index >= 15 is 0 Å². The molecule has 1 heterocycles. The van der Waals surface area contributed by atoms with Crippen molar-refractivity contribution < 1.29 is 19.8 Å². The molecule has 0 aliphatic heterocycles. The first-order valence-electron chi connectivity index (χ1n) is 6.24. The average Bonchev–Trinajstić information content (AvgIpc) is 2.35. The van der Waals surface area contributed by atoms with Crippen LogP contribution >= 0.6 is 0 Å². The lowest BCUT2D eigenvalue weighted by molar-refractivity contribution is 0.0525. The number of nitrogens with zero attached hydrogens (tertiary/aromatic N) is 2. The predicted molar refractivity (Wildman–Crippen MR) is 67.0 cm³/mol. The molecule has 1 saturated carbocycles. The lowest BCUT2D eigenvalue weighted by Gasteiger charge is -2.37. The molecule has 2 rings (SSSR count). The molecule has 0 spiro atoms. The number of pyridine rings is 1. The van der Waals surface area contributed by atoms with E-state index in [2.05, 4.69) is 4.98 Å². The highest BCUT2D eigenvalue weighted by Crippen LogP contribution is 2.26. The quantitative estimate of drug-likeness (QED) is 0.819. The Kier molecular flexibility index (Phi) is 4.11. The molecule has 0 saturated heterocycles. The van der Waals surface area contributed by atoms with Crippen LogP contribution in [0.15, 0.2) is 18.3 Å². The van der Waals surface area contributed by atoms with Crippen molar-refractivity contribution in [3.8, 4) is 0 Å². The number of aliphatic hydroxyl groups excluding tert-OH is 1. The van der Waals surface area contributed by atoms with Gasteiger partial charge in [-0.15, -0.1) is 0 Å². The number of carbonyl (C=O) groups is 2. The molecule has 2 N–H and O–H groups in total. The summed E-state index contributed by atoms with van der Waals surface area (Å²) in [6.45, 7) is 0.174. The Labute approximate surface area is 110 Å². The highest BCUT2D eigenvalue weighted by molar-refractivity contribution is 5.96. The van der Waals surface area contributed by atoms with E-state index in [-0.39, 0.29) is 30.8 Å². The molecule has 1 aromatic heterocycles. The Balaban J connectivity index is 2.20. The van der Waals surface area contributed by atoms with Crippen LogP contribution in [0.5, 0.6) is 0 Å². The summed E-state index contributed by atoms with van der Waals surface area (Å²) in [5.41, 5.74) is 0.149. The molecule has 1 fully saturated rings. The van der Waals surface area contributed by atoms with Gasteiger partial charge in [0.2, 0.25) is 0 Å². The molecule has 19 heavy (non-hydrogen) atoms. The lowest BCUT2D eigenvalue weighted by Crippen LogP contribution is -2.45. The number of aliphatic hydroxyl groups is 1. The Morgan fingerprint density at radius 3 is 2.68 bits per heavy atom.